The van der Waals surface area contributed by atoms with E-state index in [1.165, 1.54) is 0 Å². The van der Waals surface area contributed by atoms with Crippen molar-refractivity contribution in [2.75, 3.05) is 19.8 Å². The number of nitrogens with two attached hydrogens (primary N) is 1. The SMILES string of the molecule is NCC(O)CCc1ccc2c(c1)OCCO2. The van der Waals surface area contributed by atoms with E-state index in [1.807, 2.05) is 18.2 Å². The predicted molar refractivity (Wildman–Crippen MR) is 60.8 cm³/mol. The average molecular weight is 223 g/mol. The predicted octanol–water partition coefficient (Wildman–Crippen LogP) is 0.710. The van der Waals surface area contributed by atoms with Gasteiger partial charge in [0.15, 0.2) is 11.5 Å². The van der Waals surface area contributed by atoms with Crippen LogP contribution in [0.25, 0.3) is 0 Å². The average Bonchev–Trinajstić information content (AvgIpc) is 2.35. The van der Waals surface area contributed by atoms with Gasteiger partial charge in [0.1, 0.15) is 13.2 Å². The number of hydrogen-bond donors (Lipinski definition) is 2. The van der Waals surface area contributed by atoms with Crippen molar-refractivity contribution in [3.05, 3.63) is 23.8 Å². The zero-order valence-electron chi connectivity index (χ0n) is 9.19. The Morgan fingerprint density at radius 3 is 2.75 bits per heavy atom. The van der Waals surface area contributed by atoms with E-state index in [4.69, 9.17) is 15.2 Å². The van der Waals surface area contributed by atoms with Crippen molar-refractivity contribution in [3.8, 4) is 11.5 Å². The van der Waals surface area contributed by atoms with Gasteiger partial charge in [-0.25, -0.2) is 0 Å². The number of rotatable bonds is 4. The van der Waals surface area contributed by atoms with Crippen LogP contribution in [-0.2, 0) is 6.42 Å². The van der Waals surface area contributed by atoms with Gasteiger partial charge in [-0.3, -0.25) is 0 Å². The van der Waals surface area contributed by atoms with Gasteiger partial charge in [-0.1, -0.05) is 6.07 Å². The second-order valence-corrected chi connectivity index (χ2v) is 3.91. The molecular formula is C12H17NO3. The lowest BCUT2D eigenvalue weighted by Gasteiger charge is -2.19. The molecule has 0 radical (unpaired) electrons. The lowest BCUT2D eigenvalue weighted by atomic mass is 10.1. The molecule has 4 heteroatoms. The number of fused-ring (bicyclic) bond motifs is 1. The maximum Gasteiger partial charge on any atom is 0.161 e. The zero-order chi connectivity index (χ0) is 11.4. The van der Waals surface area contributed by atoms with Crippen LogP contribution >= 0.6 is 0 Å². The molecule has 1 atom stereocenters. The minimum absolute atomic E-state index is 0.310. The molecule has 1 aromatic rings. The van der Waals surface area contributed by atoms with Crippen molar-refractivity contribution < 1.29 is 14.6 Å². The van der Waals surface area contributed by atoms with Crippen molar-refractivity contribution in [2.45, 2.75) is 18.9 Å². The van der Waals surface area contributed by atoms with E-state index in [1.54, 1.807) is 0 Å². The molecule has 1 unspecified atom stereocenters. The summed E-state index contributed by atoms with van der Waals surface area (Å²) in [5.74, 6) is 1.60. The van der Waals surface area contributed by atoms with Crippen LogP contribution in [0.3, 0.4) is 0 Å². The second kappa shape index (κ2) is 5.18. The topological polar surface area (TPSA) is 64.7 Å². The highest BCUT2D eigenvalue weighted by Gasteiger charge is 2.12. The number of hydrogen-bond acceptors (Lipinski definition) is 4. The van der Waals surface area contributed by atoms with Crippen LogP contribution in [0.5, 0.6) is 11.5 Å². The number of ether oxygens (including phenoxy) is 2. The molecule has 0 saturated heterocycles. The molecule has 0 amide bonds. The first kappa shape index (κ1) is 11.2. The van der Waals surface area contributed by atoms with E-state index < -0.39 is 6.10 Å². The highest BCUT2D eigenvalue weighted by Crippen LogP contribution is 2.31. The molecule has 3 N–H and O–H groups in total. The van der Waals surface area contributed by atoms with Crippen LogP contribution < -0.4 is 15.2 Å². The third-order valence-electron chi connectivity index (χ3n) is 2.64. The number of benzene rings is 1. The molecule has 88 valence electrons. The number of aliphatic hydroxyl groups excluding tert-OH is 1. The van der Waals surface area contributed by atoms with Gasteiger partial charge >= 0.3 is 0 Å². The first-order valence-electron chi connectivity index (χ1n) is 5.56. The van der Waals surface area contributed by atoms with Crippen LogP contribution in [0, 0.1) is 0 Å². The first-order valence-corrected chi connectivity index (χ1v) is 5.56. The standard InChI is InChI=1S/C12H17NO3/c13-8-10(14)3-1-9-2-4-11-12(7-9)16-6-5-15-11/h2,4,7,10,14H,1,3,5-6,8,13H2. The summed E-state index contributed by atoms with van der Waals surface area (Å²) in [5, 5.41) is 9.38. The van der Waals surface area contributed by atoms with Crippen molar-refractivity contribution in [1.82, 2.24) is 0 Å². The fourth-order valence-corrected chi connectivity index (χ4v) is 1.69. The number of aliphatic hydroxyl groups is 1. The highest BCUT2D eigenvalue weighted by atomic mass is 16.6. The lowest BCUT2D eigenvalue weighted by molar-refractivity contribution is 0.169. The summed E-state index contributed by atoms with van der Waals surface area (Å²) in [4.78, 5) is 0. The van der Waals surface area contributed by atoms with Gasteiger partial charge in [-0.15, -0.1) is 0 Å². The van der Waals surface area contributed by atoms with Gasteiger partial charge in [0.25, 0.3) is 0 Å². The van der Waals surface area contributed by atoms with Gasteiger partial charge in [-0.05, 0) is 30.5 Å². The molecule has 1 heterocycles. The van der Waals surface area contributed by atoms with E-state index in [0.29, 0.717) is 26.2 Å². The third kappa shape index (κ3) is 2.65. The van der Waals surface area contributed by atoms with Gasteiger partial charge in [0, 0.05) is 6.54 Å². The van der Waals surface area contributed by atoms with E-state index in [0.717, 1.165) is 23.5 Å². The summed E-state index contributed by atoms with van der Waals surface area (Å²) in [6.45, 7) is 1.52. The van der Waals surface area contributed by atoms with Gasteiger partial charge in [-0.2, -0.15) is 0 Å². The molecule has 0 spiro atoms. The Morgan fingerprint density at radius 1 is 1.25 bits per heavy atom. The lowest BCUT2D eigenvalue weighted by Crippen LogP contribution is -2.20. The minimum atomic E-state index is -0.423. The normalized spacial score (nSPS) is 15.9. The smallest absolute Gasteiger partial charge is 0.161 e. The summed E-state index contributed by atoms with van der Waals surface area (Å²) in [6, 6.07) is 5.88. The van der Waals surface area contributed by atoms with Crippen molar-refractivity contribution in [2.24, 2.45) is 5.73 Å². The number of aryl methyl sites for hydroxylation is 1. The summed E-state index contributed by atoms with van der Waals surface area (Å²) >= 11 is 0. The molecule has 4 nitrogen and oxygen atoms in total. The maximum absolute atomic E-state index is 9.38. The molecule has 1 aliphatic rings. The van der Waals surface area contributed by atoms with E-state index in [-0.39, 0.29) is 0 Å². The van der Waals surface area contributed by atoms with Crippen LogP contribution in [0.4, 0.5) is 0 Å². The maximum atomic E-state index is 9.38. The van der Waals surface area contributed by atoms with E-state index in [9.17, 15) is 5.11 Å². The van der Waals surface area contributed by atoms with Gasteiger partial charge < -0.3 is 20.3 Å². The molecule has 1 aromatic carbocycles. The van der Waals surface area contributed by atoms with Crippen LogP contribution in [0.2, 0.25) is 0 Å². The fraction of sp³-hybridized carbons (Fsp3) is 0.500. The van der Waals surface area contributed by atoms with E-state index in [2.05, 4.69) is 0 Å². The van der Waals surface area contributed by atoms with Crippen molar-refractivity contribution in [3.63, 3.8) is 0 Å². The van der Waals surface area contributed by atoms with Crippen molar-refractivity contribution in [1.29, 1.82) is 0 Å². The van der Waals surface area contributed by atoms with Crippen LogP contribution in [0.1, 0.15) is 12.0 Å². The Labute approximate surface area is 95.0 Å². The molecule has 16 heavy (non-hydrogen) atoms. The molecule has 0 saturated carbocycles. The van der Waals surface area contributed by atoms with Crippen LogP contribution in [-0.4, -0.2) is 31.0 Å². The molecule has 0 fully saturated rings. The summed E-state index contributed by atoms with van der Waals surface area (Å²) in [6.07, 6.45) is 1.05. The largest absolute Gasteiger partial charge is 0.486 e. The molecular weight excluding hydrogens is 206 g/mol. The molecule has 0 bridgehead atoms. The Kier molecular flexibility index (Phi) is 3.64. The van der Waals surface area contributed by atoms with Gasteiger partial charge in [0.2, 0.25) is 0 Å². The zero-order valence-corrected chi connectivity index (χ0v) is 9.19. The van der Waals surface area contributed by atoms with Gasteiger partial charge in [0.05, 0.1) is 6.10 Å². The Hall–Kier alpha value is -1.26. The molecule has 0 aliphatic carbocycles. The van der Waals surface area contributed by atoms with Crippen molar-refractivity contribution >= 4 is 0 Å². The Morgan fingerprint density at radius 2 is 2.00 bits per heavy atom. The van der Waals surface area contributed by atoms with E-state index >= 15 is 0 Å². The second-order valence-electron chi connectivity index (χ2n) is 3.91. The molecule has 0 aromatic heterocycles. The minimum Gasteiger partial charge on any atom is -0.486 e. The third-order valence-corrected chi connectivity index (χ3v) is 2.64. The monoisotopic (exact) mass is 223 g/mol. The van der Waals surface area contributed by atoms with Crippen LogP contribution in [0.15, 0.2) is 18.2 Å². The highest BCUT2D eigenvalue weighted by molar-refractivity contribution is 5.43. The molecule has 2 rings (SSSR count). The summed E-state index contributed by atoms with van der Waals surface area (Å²) in [5.41, 5.74) is 6.49. The summed E-state index contributed by atoms with van der Waals surface area (Å²) in [7, 11) is 0. The fourth-order valence-electron chi connectivity index (χ4n) is 1.69. The first-order chi connectivity index (χ1) is 7.79. The Balaban J connectivity index is 2.00. The summed E-state index contributed by atoms with van der Waals surface area (Å²) < 4.78 is 10.9. The quantitative estimate of drug-likeness (QED) is 0.789. The Bertz CT molecular complexity index is 354. The molecule has 1 aliphatic heterocycles.